The van der Waals surface area contributed by atoms with E-state index in [0.717, 1.165) is 11.6 Å². The maximum absolute atomic E-state index is 13.9. The van der Waals surface area contributed by atoms with Crippen molar-refractivity contribution in [3.05, 3.63) is 71.6 Å². The number of aromatic nitrogens is 2. The molecule has 0 bridgehead atoms. The number of ether oxygens (including phenoxy) is 1. The summed E-state index contributed by atoms with van der Waals surface area (Å²) in [5, 5.41) is 4.00. The lowest BCUT2D eigenvalue weighted by Crippen LogP contribution is -2.38. The van der Waals surface area contributed by atoms with Gasteiger partial charge >= 0.3 is 0 Å². The summed E-state index contributed by atoms with van der Waals surface area (Å²) < 4.78 is 38.4. The average molecular weight is 357 g/mol. The summed E-state index contributed by atoms with van der Waals surface area (Å²) in [5.74, 6) is -0.762. The molecule has 4 rings (SSSR count). The molecule has 0 radical (unpaired) electrons. The summed E-state index contributed by atoms with van der Waals surface area (Å²) >= 11 is 0. The minimum absolute atomic E-state index is 0.295. The maximum Gasteiger partial charge on any atom is 0.257 e. The van der Waals surface area contributed by atoms with Gasteiger partial charge in [0.05, 0.1) is 6.61 Å². The van der Waals surface area contributed by atoms with Crippen LogP contribution in [0.3, 0.4) is 0 Å². The molecule has 0 spiro atoms. The van der Waals surface area contributed by atoms with E-state index in [2.05, 4.69) is 10.1 Å². The molecule has 26 heavy (non-hydrogen) atoms. The van der Waals surface area contributed by atoms with E-state index < -0.39 is 17.7 Å². The molecule has 1 fully saturated rings. The van der Waals surface area contributed by atoms with E-state index >= 15 is 0 Å². The van der Waals surface area contributed by atoms with Crippen LogP contribution >= 0.6 is 0 Å². The highest BCUT2D eigenvalue weighted by atomic mass is 19.2. The smallest absolute Gasteiger partial charge is 0.257 e. The van der Waals surface area contributed by atoms with Crippen molar-refractivity contribution in [1.82, 2.24) is 15.0 Å². The summed E-state index contributed by atoms with van der Waals surface area (Å²) in [6.45, 7) is 1.83. The lowest BCUT2D eigenvalue weighted by Gasteiger charge is -2.31. The predicted octanol–water partition coefficient (Wildman–Crippen LogP) is 3.59. The van der Waals surface area contributed by atoms with Crippen molar-refractivity contribution >= 4 is 0 Å². The quantitative estimate of drug-likeness (QED) is 0.714. The molecule has 1 unspecified atom stereocenters. The highest BCUT2D eigenvalue weighted by Gasteiger charge is 2.27. The molecule has 0 amide bonds. The predicted molar refractivity (Wildman–Crippen MR) is 90.1 cm³/mol. The first-order chi connectivity index (χ1) is 12.7. The zero-order valence-corrected chi connectivity index (χ0v) is 13.9. The SMILES string of the molecule is Fc1cccc(CN2CCOC(c3nc(-c4ccccc4)no3)C2)c1F. The molecule has 5 nitrogen and oxygen atoms in total. The van der Waals surface area contributed by atoms with Gasteiger partial charge in [0, 0.05) is 30.8 Å². The molecule has 0 saturated carbocycles. The Hall–Kier alpha value is -2.64. The summed E-state index contributed by atoms with van der Waals surface area (Å²) in [4.78, 5) is 6.40. The fraction of sp³-hybridized carbons (Fsp3) is 0.263. The van der Waals surface area contributed by atoms with Crippen LogP contribution < -0.4 is 0 Å². The van der Waals surface area contributed by atoms with Crippen molar-refractivity contribution in [2.24, 2.45) is 0 Å². The van der Waals surface area contributed by atoms with Gasteiger partial charge < -0.3 is 9.26 Å². The van der Waals surface area contributed by atoms with Gasteiger partial charge in [-0.15, -0.1) is 0 Å². The van der Waals surface area contributed by atoms with Crippen molar-refractivity contribution in [3.8, 4) is 11.4 Å². The second-order valence-corrected chi connectivity index (χ2v) is 6.13. The lowest BCUT2D eigenvalue weighted by molar-refractivity contribution is -0.0477. The van der Waals surface area contributed by atoms with Crippen LogP contribution in [0.4, 0.5) is 8.78 Å². The lowest BCUT2D eigenvalue weighted by atomic mass is 10.1. The van der Waals surface area contributed by atoms with Crippen LogP contribution in [-0.4, -0.2) is 34.7 Å². The second-order valence-electron chi connectivity index (χ2n) is 6.13. The van der Waals surface area contributed by atoms with Gasteiger partial charge in [0.15, 0.2) is 11.6 Å². The van der Waals surface area contributed by atoms with Crippen molar-refractivity contribution < 1.29 is 18.0 Å². The summed E-state index contributed by atoms with van der Waals surface area (Å²) in [5.41, 5.74) is 1.18. The minimum atomic E-state index is -0.836. The molecule has 1 atom stereocenters. The fourth-order valence-corrected chi connectivity index (χ4v) is 2.98. The first-order valence-electron chi connectivity index (χ1n) is 8.36. The third-order valence-electron chi connectivity index (χ3n) is 4.33. The molecule has 2 heterocycles. The Bertz CT molecular complexity index is 886. The van der Waals surface area contributed by atoms with Gasteiger partial charge in [-0.2, -0.15) is 4.98 Å². The van der Waals surface area contributed by atoms with Gasteiger partial charge in [-0.1, -0.05) is 47.6 Å². The van der Waals surface area contributed by atoms with Crippen LogP contribution in [0.25, 0.3) is 11.4 Å². The average Bonchev–Trinajstić information content (AvgIpc) is 3.17. The van der Waals surface area contributed by atoms with Crippen LogP contribution in [0.1, 0.15) is 17.6 Å². The van der Waals surface area contributed by atoms with Crippen LogP contribution in [-0.2, 0) is 11.3 Å². The Morgan fingerprint density at radius 2 is 1.92 bits per heavy atom. The first-order valence-corrected chi connectivity index (χ1v) is 8.36. The Balaban J connectivity index is 1.47. The first kappa shape index (κ1) is 16.8. The van der Waals surface area contributed by atoms with Crippen molar-refractivity contribution in [2.45, 2.75) is 12.6 Å². The molecule has 1 saturated heterocycles. The van der Waals surface area contributed by atoms with Crippen LogP contribution in [0.5, 0.6) is 0 Å². The Kier molecular flexibility index (Phi) is 4.73. The van der Waals surface area contributed by atoms with E-state index in [1.165, 1.54) is 6.07 Å². The van der Waals surface area contributed by atoms with Gasteiger partial charge in [-0.3, -0.25) is 4.90 Å². The molecule has 7 heteroatoms. The maximum atomic E-state index is 13.9. The van der Waals surface area contributed by atoms with Crippen LogP contribution in [0.2, 0.25) is 0 Å². The van der Waals surface area contributed by atoms with E-state index in [4.69, 9.17) is 9.26 Å². The monoisotopic (exact) mass is 357 g/mol. The number of morpholine rings is 1. The molecule has 2 aromatic carbocycles. The van der Waals surface area contributed by atoms with Crippen LogP contribution in [0, 0.1) is 11.6 Å². The molecule has 1 aromatic heterocycles. The molecule has 3 aromatic rings. The molecule has 0 aliphatic carbocycles. The zero-order valence-electron chi connectivity index (χ0n) is 13.9. The third-order valence-corrected chi connectivity index (χ3v) is 4.33. The van der Waals surface area contributed by atoms with E-state index in [1.807, 2.05) is 35.2 Å². The van der Waals surface area contributed by atoms with Crippen molar-refractivity contribution in [2.75, 3.05) is 19.7 Å². The summed E-state index contributed by atoms with van der Waals surface area (Å²) in [7, 11) is 0. The molecule has 0 N–H and O–H groups in total. The van der Waals surface area contributed by atoms with Gasteiger partial charge in [-0.25, -0.2) is 8.78 Å². The van der Waals surface area contributed by atoms with E-state index in [-0.39, 0.29) is 0 Å². The fourth-order valence-electron chi connectivity index (χ4n) is 2.98. The largest absolute Gasteiger partial charge is 0.366 e. The Labute approximate surface area is 149 Å². The number of hydrogen-bond acceptors (Lipinski definition) is 5. The van der Waals surface area contributed by atoms with E-state index in [0.29, 0.717) is 43.5 Å². The van der Waals surface area contributed by atoms with E-state index in [1.54, 1.807) is 6.07 Å². The minimum Gasteiger partial charge on any atom is -0.366 e. The van der Waals surface area contributed by atoms with Gasteiger partial charge in [0.2, 0.25) is 5.82 Å². The molecular weight excluding hydrogens is 340 g/mol. The Morgan fingerprint density at radius 3 is 2.77 bits per heavy atom. The van der Waals surface area contributed by atoms with Crippen molar-refractivity contribution in [1.29, 1.82) is 0 Å². The molecular formula is C19H17F2N3O2. The molecule has 1 aliphatic rings. The number of rotatable bonds is 4. The standard InChI is InChI=1S/C19H17F2N3O2/c20-15-8-4-7-14(17(15)21)11-24-9-10-25-16(12-24)19-22-18(23-26-19)13-5-2-1-3-6-13/h1-8,16H,9-12H2. The number of nitrogens with zero attached hydrogens (tertiary/aromatic N) is 3. The van der Waals surface area contributed by atoms with Crippen molar-refractivity contribution in [3.63, 3.8) is 0 Å². The highest BCUT2D eigenvalue weighted by molar-refractivity contribution is 5.53. The number of halogens is 2. The molecule has 1 aliphatic heterocycles. The summed E-state index contributed by atoms with van der Waals surface area (Å²) in [6, 6.07) is 13.7. The molecule has 134 valence electrons. The zero-order chi connectivity index (χ0) is 17.9. The number of benzene rings is 2. The summed E-state index contributed by atoms with van der Waals surface area (Å²) in [6.07, 6.45) is -0.398. The van der Waals surface area contributed by atoms with Gasteiger partial charge in [0.25, 0.3) is 5.89 Å². The number of hydrogen-bond donors (Lipinski definition) is 0. The topological polar surface area (TPSA) is 51.4 Å². The van der Waals surface area contributed by atoms with E-state index in [9.17, 15) is 8.78 Å². The second kappa shape index (κ2) is 7.31. The van der Waals surface area contributed by atoms with Gasteiger partial charge in [-0.05, 0) is 6.07 Å². The third kappa shape index (κ3) is 3.49. The van der Waals surface area contributed by atoms with Crippen LogP contribution in [0.15, 0.2) is 53.1 Å². The highest BCUT2D eigenvalue weighted by Crippen LogP contribution is 2.25. The normalized spacial score (nSPS) is 18.2. The Morgan fingerprint density at radius 1 is 1.08 bits per heavy atom. The van der Waals surface area contributed by atoms with Gasteiger partial charge in [0.1, 0.15) is 6.10 Å².